The Morgan fingerprint density at radius 2 is 2.05 bits per heavy atom. The summed E-state index contributed by atoms with van der Waals surface area (Å²) in [5.74, 6) is -0.256. The van der Waals surface area contributed by atoms with Gasteiger partial charge in [-0.3, -0.25) is 4.79 Å². The molecule has 0 heterocycles. The van der Waals surface area contributed by atoms with Crippen LogP contribution in [-0.2, 0) is 11.2 Å². The van der Waals surface area contributed by atoms with Crippen molar-refractivity contribution in [3.8, 4) is 0 Å². The van der Waals surface area contributed by atoms with Gasteiger partial charge in [-0.1, -0.05) is 29.8 Å². The van der Waals surface area contributed by atoms with Crippen LogP contribution in [-0.4, -0.2) is 19.6 Å². The second-order valence-electron chi connectivity index (χ2n) is 4.59. The van der Waals surface area contributed by atoms with E-state index in [0.717, 1.165) is 17.7 Å². The largest absolute Gasteiger partial charge is 0.398 e. The van der Waals surface area contributed by atoms with Gasteiger partial charge in [0.1, 0.15) is 0 Å². The zero-order chi connectivity index (χ0) is 15.2. The van der Waals surface area contributed by atoms with Crippen molar-refractivity contribution in [3.63, 3.8) is 0 Å². The maximum absolute atomic E-state index is 12.3. The average molecular weight is 305 g/mol. The van der Waals surface area contributed by atoms with Crippen molar-refractivity contribution < 1.29 is 9.53 Å². The molecule has 0 aromatic heterocycles. The van der Waals surface area contributed by atoms with Gasteiger partial charge in [-0.2, -0.15) is 0 Å². The molecule has 3 N–H and O–H groups in total. The number of nitrogens with one attached hydrogen (secondary N) is 1. The van der Waals surface area contributed by atoms with Crippen LogP contribution in [0.1, 0.15) is 15.9 Å². The molecule has 2 aromatic rings. The van der Waals surface area contributed by atoms with Crippen molar-refractivity contribution in [1.82, 2.24) is 0 Å². The molecule has 110 valence electrons. The Labute approximate surface area is 128 Å². The number of methoxy groups -OCH3 is 1. The lowest BCUT2D eigenvalue weighted by molar-refractivity contribution is 0.102. The molecule has 0 fully saturated rings. The van der Waals surface area contributed by atoms with Crippen LogP contribution in [0.15, 0.2) is 42.5 Å². The lowest BCUT2D eigenvalue weighted by Gasteiger charge is -2.12. The van der Waals surface area contributed by atoms with Gasteiger partial charge in [-0.15, -0.1) is 0 Å². The highest BCUT2D eigenvalue weighted by atomic mass is 35.5. The van der Waals surface area contributed by atoms with E-state index >= 15 is 0 Å². The van der Waals surface area contributed by atoms with E-state index < -0.39 is 0 Å². The van der Waals surface area contributed by atoms with Gasteiger partial charge >= 0.3 is 0 Å². The van der Waals surface area contributed by atoms with E-state index in [2.05, 4.69) is 5.32 Å². The third-order valence-corrected chi connectivity index (χ3v) is 3.33. The molecule has 0 radical (unpaired) electrons. The fourth-order valence-electron chi connectivity index (χ4n) is 2.00. The van der Waals surface area contributed by atoms with Crippen molar-refractivity contribution in [2.24, 2.45) is 0 Å². The molecule has 0 atom stereocenters. The number of amides is 1. The zero-order valence-electron chi connectivity index (χ0n) is 11.7. The monoisotopic (exact) mass is 304 g/mol. The van der Waals surface area contributed by atoms with Gasteiger partial charge in [-0.25, -0.2) is 0 Å². The van der Waals surface area contributed by atoms with E-state index in [-0.39, 0.29) is 5.91 Å². The van der Waals surface area contributed by atoms with E-state index in [9.17, 15) is 4.79 Å². The summed E-state index contributed by atoms with van der Waals surface area (Å²) in [6.45, 7) is 0.593. The Bertz CT molecular complexity index is 644. The summed E-state index contributed by atoms with van der Waals surface area (Å²) in [5, 5.41) is 3.38. The van der Waals surface area contributed by atoms with Gasteiger partial charge in [0.2, 0.25) is 0 Å². The number of ether oxygens (including phenoxy) is 1. The van der Waals surface area contributed by atoms with Crippen molar-refractivity contribution in [2.45, 2.75) is 6.42 Å². The number of nitrogens with two attached hydrogens (primary N) is 1. The quantitative estimate of drug-likeness (QED) is 0.832. The second kappa shape index (κ2) is 7.11. The molecule has 0 unspecified atom stereocenters. The molecule has 2 aromatic carbocycles. The number of carbonyl (C=O) groups is 1. The first-order valence-electron chi connectivity index (χ1n) is 6.55. The molecule has 0 bridgehead atoms. The van der Waals surface area contributed by atoms with Gasteiger partial charge in [0.15, 0.2) is 0 Å². The molecule has 0 spiro atoms. The number of anilines is 2. The topological polar surface area (TPSA) is 64.3 Å². The molecule has 4 nitrogen and oxygen atoms in total. The van der Waals surface area contributed by atoms with Gasteiger partial charge in [0, 0.05) is 23.5 Å². The van der Waals surface area contributed by atoms with Crippen LogP contribution >= 0.6 is 11.6 Å². The standard InChI is InChI=1S/C16H17ClN2O2/c1-21-9-8-11-4-2-3-5-15(11)19-16(20)13-7-6-12(17)10-14(13)18/h2-7,10H,8-9,18H2,1H3,(H,19,20). The molecule has 0 aliphatic carbocycles. The number of rotatable bonds is 5. The molecule has 0 aliphatic rings. The highest BCUT2D eigenvalue weighted by Crippen LogP contribution is 2.21. The first kappa shape index (κ1) is 15.4. The molecular formula is C16H17ClN2O2. The number of hydrogen-bond donors (Lipinski definition) is 2. The van der Waals surface area contributed by atoms with Crippen molar-refractivity contribution >= 4 is 28.9 Å². The Balaban J connectivity index is 2.19. The van der Waals surface area contributed by atoms with Gasteiger partial charge < -0.3 is 15.8 Å². The predicted molar refractivity (Wildman–Crippen MR) is 85.8 cm³/mol. The van der Waals surface area contributed by atoms with Crippen LogP contribution in [0.3, 0.4) is 0 Å². The van der Waals surface area contributed by atoms with E-state index in [4.69, 9.17) is 22.1 Å². The normalized spacial score (nSPS) is 10.4. The molecule has 21 heavy (non-hydrogen) atoms. The maximum Gasteiger partial charge on any atom is 0.257 e. The van der Waals surface area contributed by atoms with Crippen molar-refractivity contribution in [3.05, 3.63) is 58.6 Å². The fraction of sp³-hybridized carbons (Fsp3) is 0.188. The molecular weight excluding hydrogens is 288 g/mol. The van der Waals surface area contributed by atoms with E-state index in [1.54, 1.807) is 25.3 Å². The molecule has 2 rings (SSSR count). The number of carbonyl (C=O) groups excluding carboxylic acids is 1. The first-order chi connectivity index (χ1) is 10.1. The highest BCUT2D eigenvalue weighted by molar-refractivity contribution is 6.31. The van der Waals surface area contributed by atoms with Crippen LogP contribution < -0.4 is 11.1 Å². The third-order valence-electron chi connectivity index (χ3n) is 3.10. The first-order valence-corrected chi connectivity index (χ1v) is 6.93. The average Bonchev–Trinajstić information content (AvgIpc) is 2.46. The zero-order valence-corrected chi connectivity index (χ0v) is 12.5. The summed E-state index contributed by atoms with van der Waals surface area (Å²) >= 11 is 5.84. The van der Waals surface area contributed by atoms with Crippen LogP contribution in [0, 0.1) is 0 Å². The maximum atomic E-state index is 12.3. The number of hydrogen-bond acceptors (Lipinski definition) is 3. The third kappa shape index (κ3) is 3.97. The highest BCUT2D eigenvalue weighted by Gasteiger charge is 2.12. The molecule has 0 saturated heterocycles. The lowest BCUT2D eigenvalue weighted by Crippen LogP contribution is -2.15. The molecule has 5 heteroatoms. The molecule has 0 saturated carbocycles. The number of halogens is 1. The Kier molecular flexibility index (Phi) is 5.20. The van der Waals surface area contributed by atoms with E-state index in [1.165, 1.54) is 0 Å². The smallest absolute Gasteiger partial charge is 0.257 e. The minimum absolute atomic E-state index is 0.256. The minimum atomic E-state index is -0.256. The lowest BCUT2D eigenvalue weighted by atomic mass is 10.1. The molecule has 0 aliphatic heterocycles. The Hall–Kier alpha value is -2.04. The van der Waals surface area contributed by atoms with Crippen molar-refractivity contribution in [2.75, 3.05) is 24.8 Å². The van der Waals surface area contributed by atoms with Crippen LogP contribution in [0.2, 0.25) is 5.02 Å². The predicted octanol–water partition coefficient (Wildman–Crippen LogP) is 3.36. The Morgan fingerprint density at radius 3 is 2.76 bits per heavy atom. The second-order valence-corrected chi connectivity index (χ2v) is 5.02. The number of nitrogen functional groups attached to an aromatic ring is 1. The molecule has 1 amide bonds. The Morgan fingerprint density at radius 1 is 1.29 bits per heavy atom. The summed E-state index contributed by atoms with van der Waals surface area (Å²) in [6.07, 6.45) is 0.725. The van der Waals surface area contributed by atoms with Crippen LogP contribution in [0.4, 0.5) is 11.4 Å². The summed E-state index contributed by atoms with van der Waals surface area (Å²) < 4.78 is 5.08. The van der Waals surface area contributed by atoms with E-state index in [0.29, 0.717) is 22.9 Å². The van der Waals surface area contributed by atoms with Crippen LogP contribution in [0.25, 0.3) is 0 Å². The number of benzene rings is 2. The van der Waals surface area contributed by atoms with Gasteiger partial charge in [0.25, 0.3) is 5.91 Å². The summed E-state index contributed by atoms with van der Waals surface area (Å²) in [5.41, 5.74) is 8.36. The van der Waals surface area contributed by atoms with Crippen molar-refractivity contribution in [1.29, 1.82) is 0 Å². The van der Waals surface area contributed by atoms with Gasteiger partial charge in [-0.05, 0) is 36.2 Å². The fourth-order valence-corrected chi connectivity index (χ4v) is 2.18. The number of para-hydroxylation sites is 1. The van der Waals surface area contributed by atoms with Crippen LogP contribution in [0.5, 0.6) is 0 Å². The summed E-state index contributed by atoms with van der Waals surface area (Å²) in [6, 6.07) is 12.4. The SMILES string of the molecule is COCCc1ccccc1NC(=O)c1ccc(Cl)cc1N. The summed E-state index contributed by atoms with van der Waals surface area (Å²) in [4.78, 5) is 12.3. The van der Waals surface area contributed by atoms with Gasteiger partial charge in [0.05, 0.1) is 12.2 Å². The summed E-state index contributed by atoms with van der Waals surface area (Å²) in [7, 11) is 1.65. The minimum Gasteiger partial charge on any atom is -0.398 e. The van der Waals surface area contributed by atoms with E-state index in [1.807, 2.05) is 24.3 Å².